The van der Waals surface area contributed by atoms with Gasteiger partial charge in [0.25, 0.3) is 5.89 Å². The van der Waals surface area contributed by atoms with E-state index < -0.39 is 0 Å². The molecule has 0 radical (unpaired) electrons. The van der Waals surface area contributed by atoms with Gasteiger partial charge >= 0.3 is 0 Å². The monoisotopic (exact) mass is 424 g/mol. The number of aryl methyl sites for hydroxylation is 1. The maximum Gasteiger partial charge on any atom is 0.259 e. The summed E-state index contributed by atoms with van der Waals surface area (Å²) in [6.07, 6.45) is 0.739. The van der Waals surface area contributed by atoms with E-state index in [2.05, 4.69) is 68.9 Å². The Morgan fingerprint density at radius 1 is 1.28 bits per heavy atom. The first kappa shape index (κ1) is 19.7. The summed E-state index contributed by atoms with van der Waals surface area (Å²) in [5.41, 5.74) is 4.27. The van der Waals surface area contributed by atoms with Crippen LogP contribution in [0.1, 0.15) is 24.1 Å². The zero-order valence-electron chi connectivity index (χ0n) is 14.7. The Morgan fingerprint density at radius 3 is 2.68 bits per heavy atom. The van der Waals surface area contributed by atoms with E-state index in [1.807, 2.05) is 25.2 Å². The average Bonchev–Trinajstić information content (AvgIpc) is 3.13. The van der Waals surface area contributed by atoms with Crippen molar-refractivity contribution in [3.63, 3.8) is 0 Å². The van der Waals surface area contributed by atoms with E-state index in [1.165, 1.54) is 0 Å². The number of likely N-dealkylation sites (N-methyl/N-ethyl adjacent to an activating group) is 1. The zero-order valence-corrected chi connectivity index (χ0v) is 17.1. The molecule has 1 atom stereocenters. The minimum Gasteiger partial charge on any atom is -0.334 e. The van der Waals surface area contributed by atoms with Crippen LogP contribution in [-0.2, 0) is 6.42 Å². The minimum absolute atomic E-state index is 0. The van der Waals surface area contributed by atoms with Gasteiger partial charge in [-0.2, -0.15) is 4.98 Å². The van der Waals surface area contributed by atoms with Crippen LogP contribution in [0.25, 0.3) is 17.1 Å². The molecule has 25 heavy (non-hydrogen) atoms. The van der Waals surface area contributed by atoms with E-state index in [0.717, 1.165) is 39.4 Å². The quantitative estimate of drug-likeness (QED) is 0.655. The number of aromatic nitrogens is 3. The van der Waals surface area contributed by atoms with Gasteiger partial charge in [0.2, 0.25) is 0 Å². The molecule has 0 spiro atoms. The van der Waals surface area contributed by atoms with E-state index in [0.29, 0.717) is 11.9 Å². The first-order chi connectivity index (χ1) is 11.5. The van der Waals surface area contributed by atoms with Crippen LogP contribution < -0.4 is 5.32 Å². The molecule has 1 N–H and O–H groups in total. The Bertz CT molecular complexity index is 859. The third kappa shape index (κ3) is 3.97. The average molecular weight is 426 g/mol. The predicted octanol–water partition coefficient (Wildman–Crippen LogP) is 4.48. The molecule has 0 aliphatic rings. The Hall–Kier alpha value is -1.63. The highest BCUT2D eigenvalue weighted by Crippen LogP contribution is 2.31. The number of halogens is 2. The Morgan fingerprint density at radius 2 is 2.00 bits per heavy atom. The van der Waals surface area contributed by atoms with Crippen molar-refractivity contribution in [2.75, 3.05) is 7.05 Å². The standard InChI is InChI=1S/C18H21BrN4O.ClH/c1-11(20-4)9-17-21-18(24-22-17)14-10-12(2)23(13(14)3)16-8-6-5-7-15(16)19;/h5-8,10-11,20H,9H2,1-4H3;1H. The Kier molecular flexibility index (Phi) is 6.43. The summed E-state index contributed by atoms with van der Waals surface area (Å²) in [7, 11) is 1.93. The van der Waals surface area contributed by atoms with Crippen molar-refractivity contribution in [3.05, 3.63) is 52.0 Å². The minimum atomic E-state index is 0. The summed E-state index contributed by atoms with van der Waals surface area (Å²) in [5, 5.41) is 7.29. The van der Waals surface area contributed by atoms with E-state index >= 15 is 0 Å². The molecule has 134 valence electrons. The van der Waals surface area contributed by atoms with Crippen LogP contribution in [0, 0.1) is 13.8 Å². The molecule has 0 aliphatic heterocycles. The largest absolute Gasteiger partial charge is 0.334 e. The number of para-hydroxylation sites is 1. The smallest absolute Gasteiger partial charge is 0.259 e. The molecule has 0 saturated carbocycles. The number of nitrogens with zero attached hydrogens (tertiary/aromatic N) is 3. The maximum atomic E-state index is 5.50. The molecule has 2 heterocycles. The van der Waals surface area contributed by atoms with Gasteiger partial charge in [-0.25, -0.2) is 0 Å². The van der Waals surface area contributed by atoms with Gasteiger partial charge in [-0.1, -0.05) is 17.3 Å². The zero-order chi connectivity index (χ0) is 17.3. The van der Waals surface area contributed by atoms with Crippen LogP contribution in [0.15, 0.2) is 39.3 Å². The van der Waals surface area contributed by atoms with Crippen LogP contribution in [0.5, 0.6) is 0 Å². The predicted molar refractivity (Wildman–Crippen MR) is 106 cm³/mol. The molecule has 1 unspecified atom stereocenters. The third-order valence-electron chi connectivity index (χ3n) is 4.20. The van der Waals surface area contributed by atoms with Gasteiger partial charge in [-0.15, -0.1) is 12.4 Å². The van der Waals surface area contributed by atoms with Gasteiger partial charge in [-0.05, 0) is 61.9 Å². The van der Waals surface area contributed by atoms with Crippen LogP contribution >= 0.6 is 28.3 Å². The van der Waals surface area contributed by atoms with E-state index in [1.54, 1.807) is 0 Å². The second-order valence-corrected chi connectivity index (χ2v) is 6.84. The molecule has 0 saturated heterocycles. The molecule has 0 amide bonds. The Balaban J connectivity index is 0.00000225. The molecule has 2 aromatic heterocycles. The molecular weight excluding hydrogens is 404 g/mol. The van der Waals surface area contributed by atoms with Crippen molar-refractivity contribution < 1.29 is 4.52 Å². The molecule has 1 aromatic carbocycles. The van der Waals surface area contributed by atoms with E-state index in [-0.39, 0.29) is 12.4 Å². The van der Waals surface area contributed by atoms with Gasteiger partial charge in [0.1, 0.15) is 0 Å². The summed E-state index contributed by atoms with van der Waals surface area (Å²) in [6, 6.07) is 10.6. The molecule has 3 aromatic rings. The van der Waals surface area contributed by atoms with Crippen LogP contribution in [0.3, 0.4) is 0 Å². The summed E-state index contributed by atoms with van der Waals surface area (Å²) < 4.78 is 8.74. The first-order valence-electron chi connectivity index (χ1n) is 7.95. The number of nitrogens with one attached hydrogen (secondary N) is 1. The topological polar surface area (TPSA) is 55.9 Å². The second-order valence-electron chi connectivity index (χ2n) is 5.98. The highest BCUT2D eigenvalue weighted by atomic mass is 79.9. The Labute approximate surface area is 162 Å². The van der Waals surface area contributed by atoms with Crippen LogP contribution in [-0.4, -0.2) is 27.8 Å². The number of hydrogen-bond donors (Lipinski definition) is 1. The second kappa shape index (κ2) is 8.17. The molecular formula is C18H22BrClN4O. The van der Waals surface area contributed by atoms with Crippen molar-refractivity contribution in [2.45, 2.75) is 33.2 Å². The summed E-state index contributed by atoms with van der Waals surface area (Å²) in [6.45, 7) is 6.24. The fraction of sp³-hybridized carbons (Fsp3) is 0.333. The summed E-state index contributed by atoms with van der Waals surface area (Å²) in [5.74, 6) is 1.29. The van der Waals surface area contributed by atoms with Gasteiger partial charge in [0, 0.05) is 28.3 Å². The third-order valence-corrected chi connectivity index (χ3v) is 4.88. The number of benzene rings is 1. The van der Waals surface area contributed by atoms with Gasteiger partial charge in [0.15, 0.2) is 5.82 Å². The number of rotatable bonds is 5. The van der Waals surface area contributed by atoms with Crippen LogP contribution in [0.2, 0.25) is 0 Å². The molecule has 3 rings (SSSR count). The highest BCUT2D eigenvalue weighted by molar-refractivity contribution is 9.10. The van der Waals surface area contributed by atoms with E-state index in [4.69, 9.17) is 4.52 Å². The van der Waals surface area contributed by atoms with Crippen molar-refractivity contribution >= 4 is 28.3 Å². The lowest BCUT2D eigenvalue weighted by atomic mass is 10.2. The molecule has 7 heteroatoms. The fourth-order valence-electron chi connectivity index (χ4n) is 2.81. The van der Waals surface area contributed by atoms with Crippen molar-refractivity contribution in [2.24, 2.45) is 0 Å². The molecule has 0 fully saturated rings. The van der Waals surface area contributed by atoms with Crippen molar-refractivity contribution in [1.82, 2.24) is 20.0 Å². The van der Waals surface area contributed by atoms with Crippen molar-refractivity contribution in [1.29, 1.82) is 0 Å². The molecule has 5 nitrogen and oxygen atoms in total. The lowest BCUT2D eigenvalue weighted by molar-refractivity contribution is 0.418. The maximum absolute atomic E-state index is 5.50. The molecule has 0 bridgehead atoms. The highest BCUT2D eigenvalue weighted by Gasteiger charge is 2.19. The fourth-order valence-corrected chi connectivity index (χ4v) is 3.27. The van der Waals surface area contributed by atoms with Gasteiger partial charge < -0.3 is 14.4 Å². The van der Waals surface area contributed by atoms with Crippen LogP contribution in [0.4, 0.5) is 0 Å². The SMILES string of the molecule is CNC(C)Cc1noc(-c2cc(C)n(-c3ccccc3Br)c2C)n1.Cl. The lowest BCUT2D eigenvalue weighted by Crippen LogP contribution is -2.24. The van der Waals surface area contributed by atoms with Gasteiger partial charge in [0.05, 0.1) is 11.3 Å². The normalized spacial score (nSPS) is 12.0. The first-order valence-corrected chi connectivity index (χ1v) is 8.74. The lowest BCUT2D eigenvalue weighted by Gasteiger charge is -2.11. The number of hydrogen-bond acceptors (Lipinski definition) is 4. The molecule has 0 aliphatic carbocycles. The van der Waals surface area contributed by atoms with E-state index in [9.17, 15) is 0 Å². The summed E-state index contributed by atoms with van der Waals surface area (Å²) >= 11 is 3.63. The van der Waals surface area contributed by atoms with Gasteiger partial charge in [-0.3, -0.25) is 0 Å². The van der Waals surface area contributed by atoms with Crippen molar-refractivity contribution in [3.8, 4) is 17.1 Å². The summed E-state index contributed by atoms with van der Waals surface area (Å²) in [4.78, 5) is 4.56.